The van der Waals surface area contributed by atoms with Gasteiger partial charge in [0, 0.05) is 0 Å². The fraction of sp³-hybridized carbons (Fsp3) is 0.640. The summed E-state index contributed by atoms with van der Waals surface area (Å²) in [7, 11) is 0. The molecule has 0 radical (unpaired) electrons. The largest absolute Gasteiger partial charge is 0.296 e. The predicted octanol–water partition coefficient (Wildman–Crippen LogP) is 7.49. The van der Waals surface area contributed by atoms with Crippen molar-refractivity contribution >= 4 is 11.4 Å². The molecule has 0 aromatic heterocycles. The van der Waals surface area contributed by atoms with E-state index in [0.717, 1.165) is 17.6 Å². The second-order valence-corrected chi connectivity index (χ2v) is 9.97. The zero-order chi connectivity index (χ0) is 22.6. The van der Waals surface area contributed by atoms with E-state index in [1.807, 2.05) is 30.3 Å². The summed E-state index contributed by atoms with van der Waals surface area (Å²) in [5.41, 5.74) is 24.2. The minimum atomic E-state index is -0.992. The van der Waals surface area contributed by atoms with Gasteiger partial charge in [-0.15, -0.1) is 0 Å². The first-order valence-electron chi connectivity index (χ1n) is 12.1. The Balaban J connectivity index is 1.62. The van der Waals surface area contributed by atoms with Crippen LogP contribution in [0.5, 0.6) is 0 Å². The Hall–Kier alpha value is -2.57. The molecule has 7 heteroatoms. The quantitative estimate of drug-likeness (QED) is 0.394. The number of ketones is 1. The van der Waals surface area contributed by atoms with Crippen molar-refractivity contribution in [2.24, 2.45) is 26.7 Å². The number of hydrogen-bond acceptors (Lipinski definition) is 7. The van der Waals surface area contributed by atoms with Crippen LogP contribution in [0.15, 0.2) is 51.4 Å². The Bertz CT molecular complexity index is 892. The van der Waals surface area contributed by atoms with Gasteiger partial charge in [-0.05, 0) is 49.2 Å². The van der Waals surface area contributed by atoms with Crippen LogP contribution in [-0.4, -0.2) is 17.4 Å². The third-order valence-corrected chi connectivity index (χ3v) is 8.19. The molecule has 0 amide bonds. The van der Waals surface area contributed by atoms with Crippen molar-refractivity contribution in [1.82, 2.24) is 0 Å². The normalized spacial score (nSPS) is 31.9. The molecule has 1 aromatic carbocycles. The van der Waals surface area contributed by atoms with Crippen molar-refractivity contribution in [3.05, 3.63) is 41.6 Å². The lowest BCUT2D eigenvalue weighted by Gasteiger charge is -2.44. The van der Waals surface area contributed by atoms with E-state index in [-0.39, 0.29) is 5.78 Å². The van der Waals surface area contributed by atoms with Crippen LogP contribution in [0.2, 0.25) is 0 Å². The first-order chi connectivity index (χ1) is 15.6. The smallest absolute Gasteiger partial charge is 0.175 e. The van der Waals surface area contributed by atoms with Gasteiger partial charge in [0.15, 0.2) is 11.8 Å². The zero-order valence-electron chi connectivity index (χ0n) is 18.8. The SMILES string of the molecule is N=NC1=C(c2ccccc2)C2(CCC(CC3CCCCCCC3)(N=N)CC2)C(=O)C1N=N. The monoisotopic (exact) mass is 434 g/mol. The van der Waals surface area contributed by atoms with Crippen LogP contribution >= 0.6 is 0 Å². The number of rotatable bonds is 6. The molecule has 0 aliphatic heterocycles. The number of Topliss-reactive ketones (excluding diaryl/α,β-unsaturated/α-hetero) is 1. The van der Waals surface area contributed by atoms with Crippen LogP contribution in [0.25, 0.3) is 5.57 Å². The molecule has 0 heterocycles. The first-order valence-corrected chi connectivity index (χ1v) is 12.1. The average molecular weight is 435 g/mol. The van der Waals surface area contributed by atoms with Crippen molar-refractivity contribution in [1.29, 1.82) is 16.6 Å². The van der Waals surface area contributed by atoms with Gasteiger partial charge in [-0.1, -0.05) is 75.3 Å². The third kappa shape index (κ3) is 3.97. The lowest BCUT2D eigenvalue weighted by atomic mass is 9.61. The van der Waals surface area contributed by atoms with E-state index >= 15 is 0 Å². The van der Waals surface area contributed by atoms with Crippen molar-refractivity contribution in [2.75, 3.05) is 0 Å². The summed E-state index contributed by atoms with van der Waals surface area (Å²) >= 11 is 0. The van der Waals surface area contributed by atoms with Crippen molar-refractivity contribution < 1.29 is 4.79 Å². The minimum Gasteiger partial charge on any atom is -0.296 e. The molecule has 2 fully saturated rings. The minimum absolute atomic E-state index is 0.109. The molecule has 7 nitrogen and oxygen atoms in total. The number of carbonyl (C=O) groups excluding carboxylic acids is 1. The molecule has 1 unspecified atom stereocenters. The van der Waals surface area contributed by atoms with Crippen molar-refractivity contribution in [3.63, 3.8) is 0 Å². The molecule has 1 spiro atoms. The molecule has 0 bridgehead atoms. The van der Waals surface area contributed by atoms with Crippen molar-refractivity contribution in [2.45, 2.75) is 88.6 Å². The summed E-state index contributed by atoms with van der Waals surface area (Å²) in [5.74, 6) is 0.499. The fourth-order valence-electron chi connectivity index (χ4n) is 6.44. The van der Waals surface area contributed by atoms with Crippen LogP contribution in [0, 0.1) is 27.9 Å². The Morgan fingerprint density at radius 3 is 2.06 bits per heavy atom. The lowest BCUT2D eigenvalue weighted by Crippen LogP contribution is -2.43. The number of nitrogens with one attached hydrogen (secondary N) is 3. The highest BCUT2D eigenvalue weighted by molar-refractivity contribution is 6.09. The van der Waals surface area contributed by atoms with Crippen LogP contribution in [0.1, 0.15) is 82.6 Å². The molecule has 4 rings (SSSR count). The van der Waals surface area contributed by atoms with Gasteiger partial charge in [0.05, 0.1) is 11.0 Å². The van der Waals surface area contributed by atoms with Crippen LogP contribution in [0.3, 0.4) is 0 Å². The van der Waals surface area contributed by atoms with Gasteiger partial charge < -0.3 is 0 Å². The Morgan fingerprint density at radius 1 is 0.875 bits per heavy atom. The molecule has 3 N–H and O–H groups in total. The molecule has 0 saturated heterocycles. The van der Waals surface area contributed by atoms with Gasteiger partial charge in [-0.3, -0.25) is 4.79 Å². The number of allylic oxidation sites excluding steroid dienone is 1. The highest BCUT2D eigenvalue weighted by atomic mass is 16.1. The van der Waals surface area contributed by atoms with Gasteiger partial charge in [-0.25, -0.2) is 16.6 Å². The maximum Gasteiger partial charge on any atom is 0.175 e. The Morgan fingerprint density at radius 2 is 1.50 bits per heavy atom. The standard InChI is InChI=1S/C25H34N6O/c26-29-21-20(19-11-7-4-8-12-19)25(23(32)22(21)30-27)15-13-24(31-28,14-16-25)17-18-9-5-2-1-3-6-10-18/h4,7-8,11-12,18,22,26-28H,1-3,5-6,9-10,13-17H2. The van der Waals surface area contributed by atoms with E-state index in [1.54, 1.807) is 0 Å². The summed E-state index contributed by atoms with van der Waals surface area (Å²) in [6, 6.07) is 8.69. The fourth-order valence-corrected chi connectivity index (χ4v) is 6.44. The summed E-state index contributed by atoms with van der Waals surface area (Å²) in [6.07, 6.45) is 12.4. The summed E-state index contributed by atoms with van der Waals surface area (Å²) in [5, 5.41) is 11.5. The summed E-state index contributed by atoms with van der Waals surface area (Å²) < 4.78 is 0. The first kappa shape index (κ1) is 22.6. The maximum atomic E-state index is 13.6. The molecular weight excluding hydrogens is 400 g/mol. The highest BCUT2D eigenvalue weighted by Gasteiger charge is 2.57. The van der Waals surface area contributed by atoms with Gasteiger partial charge >= 0.3 is 0 Å². The summed E-state index contributed by atoms with van der Waals surface area (Å²) in [6.45, 7) is 0. The van der Waals surface area contributed by atoms with E-state index in [0.29, 0.717) is 37.3 Å². The van der Waals surface area contributed by atoms with Crippen LogP contribution in [0.4, 0.5) is 0 Å². The number of carbonyl (C=O) groups is 1. The van der Waals surface area contributed by atoms with E-state index in [1.165, 1.54) is 44.9 Å². The molecular formula is C25H34N6O. The van der Waals surface area contributed by atoms with Gasteiger partial charge in [0.25, 0.3) is 0 Å². The molecule has 32 heavy (non-hydrogen) atoms. The molecule has 3 aliphatic rings. The number of hydrogen-bond donors (Lipinski definition) is 3. The number of benzene rings is 1. The van der Waals surface area contributed by atoms with Crippen LogP contribution < -0.4 is 0 Å². The second-order valence-electron chi connectivity index (χ2n) is 9.97. The molecule has 1 aromatic rings. The topological polar surface area (TPSA) is 126 Å². The second kappa shape index (κ2) is 9.51. The zero-order valence-corrected chi connectivity index (χ0v) is 18.8. The highest BCUT2D eigenvalue weighted by Crippen LogP contribution is 2.58. The molecule has 170 valence electrons. The predicted molar refractivity (Wildman–Crippen MR) is 122 cm³/mol. The van der Waals surface area contributed by atoms with E-state index in [4.69, 9.17) is 16.6 Å². The van der Waals surface area contributed by atoms with E-state index in [2.05, 4.69) is 15.3 Å². The molecule has 2 saturated carbocycles. The maximum absolute atomic E-state index is 13.6. The van der Waals surface area contributed by atoms with E-state index in [9.17, 15) is 4.79 Å². The Kier molecular flexibility index (Phi) is 6.72. The lowest BCUT2D eigenvalue weighted by molar-refractivity contribution is -0.127. The van der Waals surface area contributed by atoms with E-state index < -0.39 is 17.0 Å². The molecule has 3 aliphatic carbocycles. The van der Waals surface area contributed by atoms with Gasteiger partial charge in [0.1, 0.15) is 5.70 Å². The van der Waals surface area contributed by atoms with Gasteiger partial charge in [-0.2, -0.15) is 15.3 Å². The third-order valence-electron chi connectivity index (χ3n) is 8.19. The van der Waals surface area contributed by atoms with Gasteiger partial charge in [0.2, 0.25) is 0 Å². The molecule has 1 atom stereocenters. The van der Waals surface area contributed by atoms with Crippen LogP contribution in [-0.2, 0) is 4.79 Å². The average Bonchev–Trinajstić information content (AvgIpc) is 3.05. The number of nitrogens with zero attached hydrogens (tertiary/aromatic N) is 3. The Labute approximate surface area is 190 Å². The summed E-state index contributed by atoms with van der Waals surface area (Å²) in [4.78, 5) is 13.6. The van der Waals surface area contributed by atoms with Crippen molar-refractivity contribution in [3.8, 4) is 0 Å².